The topological polar surface area (TPSA) is 123 Å². The standard InChI is InChI=1S/C48H51NO10/c1-53-42-30-34(31-43(54-2)47(42)55-3)18-22-44(50)57-29-13-26-49(25-12-28-56-38-21-19-35-20-23-45(51)59-41(35)33-38)24-10-4-5-11-27-58-48(52)46-39-16-8-6-14-36(39)32-37-15-7-9-17-40(37)46/h6-9,14-23,30-33H,4-5,10-13,24-29H2,1-3H3/b22-18+. The van der Waals surface area contributed by atoms with Gasteiger partial charge >= 0.3 is 17.6 Å². The van der Waals surface area contributed by atoms with Gasteiger partial charge in [-0.1, -0.05) is 61.4 Å². The van der Waals surface area contributed by atoms with Crippen LogP contribution in [0.3, 0.4) is 0 Å². The Morgan fingerprint density at radius 1 is 0.627 bits per heavy atom. The van der Waals surface area contributed by atoms with Gasteiger partial charge in [-0.2, -0.15) is 0 Å². The number of ether oxygens (including phenoxy) is 6. The van der Waals surface area contributed by atoms with Crippen LogP contribution >= 0.6 is 0 Å². The lowest BCUT2D eigenvalue weighted by molar-refractivity contribution is -0.137. The molecule has 0 aliphatic rings. The smallest absolute Gasteiger partial charge is 0.339 e. The number of methoxy groups -OCH3 is 3. The van der Waals surface area contributed by atoms with Gasteiger partial charge in [0.1, 0.15) is 11.3 Å². The molecule has 6 rings (SSSR count). The third kappa shape index (κ3) is 11.6. The van der Waals surface area contributed by atoms with Crippen molar-refractivity contribution in [1.29, 1.82) is 0 Å². The first kappa shape index (κ1) is 42.3. The molecule has 0 fully saturated rings. The quantitative estimate of drug-likeness (QED) is 0.0215. The average molecular weight is 802 g/mol. The fourth-order valence-electron chi connectivity index (χ4n) is 7.08. The van der Waals surface area contributed by atoms with Crippen LogP contribution in [-0.4, -0.2) is 77.6 Å². The Bertz CT molecular complexity index is 2360. The molecular formula is C48H51NO10. The Morgan fingerprint density at radius 2 is 1.25 bits per heavy atom. The van der Waals surface area contributed by atoms with E-state index in [2.05, 4.69) is 11.0 Å². The number of nitrogens with zero attached hydrogens (tertiary/aromatic N) is 1. The predicted molar refractivity (Wildman–Crippen MR) is 230 cm³/mol. The van der Waals surface area contributed by atoms with Crippen LogP contribution in [0, 0.1) is 0 Å². The van der Waals surface area contributed by atoms with Crippen LogP contribution in [0.1, 0.15) is 54.4 Å². The van der Waals surface area contributed by atoms with E-state index in [-0.39, 0.29) is 12.6 Å². The third-order valence-electron chi connectivity index (χ3n) is 10.0. The maximum absolute atomic E-state index is 13.4. The highest BCUT2D eigenvalue weighted by molar-refractivity contribution is 6.16. The molecule has 0 N–H and O–H groups in total. The van der Waals surface area contributed by atoms with Crippen LogP contribution in [0.15, 0.2) is 112 Å². The summed E-state index contributed by atoms with van der Waals surface area (Å²) in [5.41, 5.74) is 1.41. The van der Waals surface area contributed by atoms with E-state index in [1.54, 1.807) is 30.3 Å². The molecule has 5 aromatic carbocycles. The summed E-state index contributed by atoms with van der Waals surface area (Å²) in [5.74, 6) is 1.35. The highest BCUT2D eigenvalue weighted by atomic mass is 16.5. The van der Waals surface area contributed by atoms with E-state index in [1.165, 1.54) is 33.5 Å². The number of carbonyl (C=O) groups is 2. The molecule has 0 bridgehead atoms. The Morgan fingerprint density at radius 3 is 1.95 bits per heavy atom. The molecule has 1 heterocycles. The van der Waals surface area contributed by atoms with Gasteiger partial charge in [0, 0.05) is 36.7 Å². The van der Waals surface area contributed by atoms with Gasteiger partial charge in [-0.15, -0.1) is 0 Å². The van der Waals surface area contributed by atoms with Crippen LogP contribution < -0.4 is 24.6 Å². The predicted octanol–water partition coefficient (Wildman–Crippen LogP) is 9.26. The van der Waals surface area contributed by atoms with E-state index < -0.39 is 11.6 Å². The minimum Gasteiger partial charge on any atom is -0.493 e. The highest BCUT2D eigenvalue weighted by Crippen LogP contribution is 2.38. The maximum atomic E-state index is 13.4. The molecule has 0 spiro atoms. The second kappa shape index (κ2) is 21.4. The number of hydrogen-bond acceptors (Lipinski definition) is 11. The zero-order chi connectivity index (χ0) is 41.4. The molecule has 0 aliphatic carbocycles. The van der Waals surface area contributed by atoms with Gasteiger partial charge < -0.3 is 37.7 Å². The largest absolute Gasteiger partial charge is 0.493 e. The fourth-order valence-corrected chi connectivity index (χ4v) is 7.08. The van der Waals surface area contributed by atoms with Crippen LogP contribution in [0.4, 0.5) is 0 Å². The normalized spacial score (nSPS) is 11.4. The molecule has 0 amide bonds. The fraction of sp³-hybridized carbons (Fsp3) is 0.312. The van der Waals surface area contributed by atoms with Crippen molar-refractivity contribution in [2.75, 3.05) is 60.8 Å². The van der Waals surface area contributed by atoms with E-state index in [0.29, 0.717) is 59.3 Å². The summed E-state index contributed by atoms with van der Waals surface area (Å²) in [7, 11) is 4.61. The first-order chi connectivity index (χ1) is 28.9. The summed E-state index contributed by atoms with van der Waals surface area (Å²) in [6.07, 6.45) is 8.10. The summed E-state index contributed by atoms with van der Waals surface area (Å²) in [6.45, 7) is 3.49. The Hall–Kier alpha value is -6.33. The monoisotopic (exact) mass is 801 g/mol. The Labute approximate surface area is 344 Å². The molecule has 1 aromatic heterocycles. The number of fused-ring (bicyclic) bond motifs is 3. The van der Waals surface area contributed by atoms with Crippen molar-refractivity contribution in [1.82, 2.24) is 4.90 Å². The number of carbonyl (C=O) groups excluding carboxylic acids is 2. The van der Waals surface area contributed by atoms with Crippen molar-refractivity contribution >= 4 is 50.5 Å². The lowest BCUT2D eigenvalue weighted by Gasteiger charge is -2.22. The molecule has 0 radical (unpaired) electrons. The molecule has 0 unspecified atom stereocenters. The van der Waals surface area contributed by atoms with Gasteiger partial charge in [-0.25, -0.2) is 14.4 Å². The second-order valence-corrected chi connectivity index (χ2v) is 14.1. The van der Waals surface area contributed by atoms with Gasteiger partial charge in [0.25, 0.3) is 0 Å². The number of benzene rings is 5. The van der Waals surface area contributed by atoms with E-state index in [1.807, 2.05) is 60.7 Å². The SMILES string of the molecule is COc1cc(/C=C/C(=O)OCCCN(CCCCCCOC(=O)c2c3ccccc3cc3ccccc23)CCCOc2ccc3ccc(=O)oc3c2)cc(OC)c1OC. The van der Waals surface area contributed by atoms with Gasteiger partial charge in [0.15, 0.2) is 11.5 Å². The minimum absolute atomic E-state index is 0.269. The first-order valence-electron chi connectivity index (χ1n) is 20.0. The van der Waals surface area contributed by atoms with Crippen LogP contribution in [0.2, 0.25) is 0 Å². The molecule has 308 valence electrons. The summed E-state index contributed by atoms with van der Waals surface area (Å²) in [6, 6.07) is 30.1. The van der Waals surface area contributed by atoms with Crippen LogP contribution in [0.5, 0.6) is 23.0 Å². The third-order valence-corrected chi connectivity index (χ3v) is 10.0. The minimum atomic E-state index is -0.445. The molecule has 6 aromatic rings. The Kier molecular flexibility index (Phi) is 15.4. The zero-order valence-electron chi connectivity index (χ0n) is 33.9. The van der Waals surface area contributed by atoms with Crippen molar-refractivity contribution in [3.63, 3.8) is 0 Å². The molecule has 11 nitrogen and oxygen atoms in total. The highest BCUT2D eigenvalue weighted by Gasteiger charge is 2.17. The van der Waals surface area contributed by atoms with Crippen molar-refractivity contribution in [3.8, 4) is 23.0 Å². The Balaban J connectivity index is 0.965. The van der Waals surface area contributed by atoms with E-state index in [9.17, 15) is 14.4 Å². The summed E-state index contributed by atoms with van der Waals surface area (Å²) < 4.78 is 38.8. The molecular weight excluding hydrogens is 751 g/mol. The van der Waals surface area contributed by atoms with Crippen molar-refractivity contribution < 1.29 is 42.4 Å². The number of hydrogen-bond donors (Lipinski definition) is 0. The van der Waals surface area contributed by atoms with Gasteiger partial charge in [-0.05, 0) is 102 Å². The van der Waals surface area contributed by atoms with Gasteiger partial charge in [-0.3, -0.25) is 0 Å². The molecule has 59 heavy (non-hydrogen) atoms. The molecule has 0 saturated carbocycles. The van der Waals surface area contributed by atoms with Crippen LogP contribution in [-0.2, 0) is 14.3 Å². The maximum Gasteiger partial charge on any atom is 0.339 e. The van der Waals surface area contributed by atoms with Crippen LogP contribution in [0.25, 0.3) is 38.6 Å². The zero-order valence-corrected chi connectivity index (χ0v) is 33.9. The summed E-state index contributed by atoms with van der Waals surface area (Å²) in [5, 5.41) is 4.65. The van der Waals surface area contributed by atoms with Crippen molar-refractivity contribution in [2.45, 2.75) is 38.5 Å². The number of esters is 2. The van der Waals surface area contributed by atoms with Crippen molar-refractivity contribution in [2.24, 2.45) is 0 Å². The lowest BCUT2D eigenvalue weighted by atomic mass is 9.97. The second-order valence-electron chi connectivity index (χ2n) is 14.1. The number of unbranched alkanes of at least 4 members (excludes halogenated alkanes) is 3. The van der Waals surface area contributed by atoms with Crippen molar-refractivity contribution in [3.05, 3.63) is 125 Å². The molecule has 11 heteroatoms. The average Bonchev–Trinajstić information content (AvgIpc) is 3.26. The molecule has 0 atom stereocenters. The van der Waals surface area contributed by atoms with E-state index in [4.69, 9.17) is 32.8 Å². The summed E-state index contributed by atoms with van der Waals surface area (Å²) >= 11 is 0. The first-order valence-corrected chi connectivity index (χ1v) is 20.0. The van der Waals surface area contributed by atoms with E-state index in [0.717, 1.165) is 78.7 Å². The summed E-state index contributed by atoms with van der Waals surface area (Å²) in [4.78, 5) is 40.0. The van der Waals surface area contributed by atoms with Gasteiger partial charge in [0.05, 0.1) is 46.7 Å². The van der Waals surface area contributed by atoms with E-state index >= 15 is 0 Å². The molecule has 0 saturated heterocycles. The lowest BCUT2D eigenvalue weighted by Crippen LogP contribution is -2.29. The molecule has 0 aliphatic heterocycles. The number of rotatable bonds is 22. The van der Waals surface area contributed by atoms with Gasteiger partial charge in [0.2, 0.25) is 5.75 Å².